The smallest absolute Gasteiger partial charge is 0.209 e. The number of hydrogen-bond acceptors (Lipinski definition) is 3. The Kier molecular flexibility index (Phi) is 4.32. The van der Waals surface area contributed by atoms with E-state index in [2.05, 4.69) is 9.88 Å². The van der Waals surface area contributed by atoms with Gasteiger partial charge >= 0.3 is 0 Å². The molecule has 1 saturated carbocycles. The van der Waals surface area contributed by atoms with Gasteiger partial charge in [-0.1, -0.05) is 36.4 Å². The molecule has 0 bridgehead atoms. The predicted octanol–water partition coefficient (Wildman–Crippen LogP) is 4.78. The molecular weight excluding hydrogens is 322 g/mol. The Morgan fingerprint density at radius 1 is 1.04 bits per heavy atom. The lowest BCUT2D eigenvalue weighted by Crippen LogP contribution is -2.25. The molecular formula is C20H18F2N2O. The Morgan fingerprint density at radius 3 is 2.56 bits per heavy atom. The van der Waals surface area contributed by atoms with Gasteiger partial charge in [-0.25, -0.2) is 13.8 Å². The Morgan fingerprint density at radius 2 is 1.84 bits per heavy atom. The van der Waals surface area contributed by atoms with E-state index >= 15 is 0 Å². The summed E-state index contributed by atoms with van der Waals surface area (Å²) in [6, 6.07) is 13.9. The van der Waals surface area contributed by atoms with E-state index in [1.807, 2.05) is 30.3 Å². The molecule has 4 rings (SSSR count). The summed E-state index contributed by atoms with van der Waals surface area (Å²) < 4.78 is 32.9. The van der Waals surface area contributed by atoms with Gasteiger partial charge in [0.15, 0.2) is 5.76 Å². The van der Waals surface area contributed by atoms with Crippen LogP contribution in [0.1, 0.15) is 24.3 Å². The van der Waals surface area contributed by atoms with Crippen molar-refractivity contribution in [3.63, 3.8) is 0 Å². The van der Waals surface area contributed by atoms with Crippen LogP contribution in [0.3, 0.4) is 0 Å². The quantitative estimate of drug-likeness (QED) is 0.646. The zero-order valence-corrected chi connectivity index (χ0v) is 13.7. The average Bonchev–Trinajstić information content (AvgIpc) is 3.36. The maximum Gasteiger partial charge on any atom is 0.209 e. The Labute approximate surface area is 144 Å². The van der Waals surface area contributed by atoms with Crippen LogP contribution in [0, 0.1) is 11.6 Å². The van der Waals surface area contributed by atoms with Crippen molar-refractivity contribution in [2.24, 2.45) is 0 Å². The molecule has 0 amide bonds. The first kappa shape index (κ1) is 16.0. The minimum atomic E-state index is -0.556. The van der Waals surface area contributed by atoms with Crippen LogP contribution in [-0.4, -0.2) is 15.9 Å². The fourth-order valence-corrected chi connectivity index (χ4v) is 2.92. The van der Waals surface area contributed by atoms with E-state index in [0.29, 0.717) is 30.6 Å². The highest BCUT2D eigenvalue weighted by molar-refractivity contribution is 5.55. The summed E-state index contributed by atoms with van der Waals surface area (Å²) in [7, 11) is 0. The van der Waals surface area contributed by atoms with Gasteiger partial charge in [-0.3, -0.25) is 4.90 Å². The lowest BCUT2D eigenvalue weighted by molar-refractivity contribution is 0.218. The molecule has 25 heavy (non-hydrogen) atoms. The molecule has 0 N–H and O–H groups in total. The molecule has 3 aromatic rings. The molecule has 5 heteroatoms. The average molecular weight is 340 g/mol. The van der Waals surface area contributed by atoms with Crippen molar-refractivity contribution in [2.75, 3.05) is 0 Å². The first-order valence-corrected chi connectivity index (χ1v) is 8.37. The molecule has 0 radical (unpaired) electrons. The molecule has 0 atom stereocenters. The molecule has 1 heterocycles. The summed E-state index contributed by atoms with van der Waals surface area (Å²) in [6.45, 7) is 0.925. The van der Waals surface area contributed by atoms with Crippen molar-refractivity contribution >= 4 is 0 Å². The molecule has 0 aliphatic heterocycles. The summed E-state index contributed by atoms with van der Waals surface area (Å²) >= 11 is 0. The molecule has 2 aromatic carbocycles. The van der Waals surface area contributed by atoms with Gasteiger partial charge in [-0.15, -0.1) is 0 Å². The van der Waals surface area contributed by atoms with E-state index in [0.717, 1.165) is 30.2 Å². The second kappa shape index (κ2) is 6.76. The fourth-order valence-electron chi connectivity index (χ4n) is 2.92. The van der Waals surface area contributed by atoms with E-state index in [1.54, 1.807) is 6.20 Å². The van der Waals surface area contributed by atoms with Crippen molar-refractivity contribution in [3.05, 3.63) is 77.8 Å². The van der Waals surface area contributed by atoms with E-state index in [4.69, 9.17) is 4.42 Å². The van der Waals surface area contributed by atoms with E-state index in [-0.39, 0.29) is 0 Å². The van der Waals surface area contributed by atoms with Crippen molar-refractivity contribution in [3.8, 4) is 11.3 Å². The van der Waals surface area contributed by atoms with Crippen LogP contribution in [0.15, 0.2) is 59.1 Å². The molecule has 3 nitrogen and oxygen atoms in total. The number of nitrogens with zero attached hydrogens (tertiary/aromatic N) is 2. The zero-order valence-electron chi connectivity index (χ0n) is 13.7. The lowest BCUT2D eigenvalue weighted by atomic mass is 10.2. The number of hydrogen-bond donors (Lipinski definition) is 0. The van der Waals surface area contributed by atoms with Crippen LogP contribution in [0.25, 0.3) is 11.3 Å². The number of halogens is 2. The maximum atomic E-state index is 14.0. The molecule has 0 unspecified atom stereocenters. The molecule has 0 spiro atoms. The predicted molar refractivity (Wildman–Crippen MR) is 90.6 cm³/mol. The topological polar surface area (TPSA) is 29.3 Å². The Hall–Kier alpha value is -2.53. The highest BCUT2D eigenvalue weighted by atomic mass is 19.1. The Bertz CT molecular complexity index is 859. The number of aromatic nitrogens is 1. The van der Waals surface area contributed by atoms with Gasteiger partial charge in [-0.2, -0.15) is 0 Å². The minimum absolute atomic E-state index is 0.400. The van der Waals surface area contributed by atoms with Crippen molar-refractivity contribution in [1.82, 2.24) is 9.88 Å². The van der Waals surface area contributed by atoms with Crippen LogP contribution in [-0.2, 0) is 13.1 Å². The molecule has 0 saturated heterocycles. The van der Waals surface area contributed by atoms with Crippen LogP contribution in [0.4, 0.5) is 8.78 Å². The lowest BCUT2D eigenvalue weighted by Gasteiger charge is -2.20. The van der Waals surface area contributed by atoms with Gasteiger partial charge in [0.1, 0.15) is 11.6 Å². The van der Waals surface area contributed by atoms with Gasteiger partial charge in [0.2, 0.25) is 5.89 Å². The summed E-state index contributed by atoms with van der Waals surface area (Å²) in [6.07, 6.45) is 3.87. The normalized spacial score (nSPS) is 14.2. The van der Waals surface area contributed by atoms with E-state index < -0.39 is 11.6 Å². The maximum absolute atomic E-state index is 14.0. The summed E-state index contributed by atoms with van der Waals surface area (Å²) in [5, 5.41) is 0. The van der Waals surface area contributed by atoms with Crippen LogP contribution in [0.5, 0.6) is 0 Å². The summed E-state index contributed by atoms with van der Waals surface area (Å²) in [5.41, 5.74) is 1.46. The van der Waals surface area contributed by atoms with Crippen LogP contribution < -0.4 is 0 Å². The number of oxazole rings is 1. The highest BCUT2D eigenvalue weighted by Crippen LogP contribution is 2.31. The number of benzene rings is 2. The van der Waals surface area contributed by atoms with Crippen molar-refractivity contribution in [1.29, 1.82) is 0 Å². The van der Waals surface area contributed by atoms with Crippen LogP contribution in [0.2, 0.25) is 0 Å². The second-order valence-corrected chi connectivity index (χ2v) is 6.36. The molecule has 1 aliphatic rings. The SMILES string of the molecule is Fc1ccc(CN(Cc2ncc(-c3ccccc3)o2)C2CC2)c(F)c1. The Balaban J connectivity index is 1.50. The van der Waals surface area contributed by atoms with E-state index in [1.165, 1.54) is 12.1 Å². The first-order valence-electron chi connectivity index (χ1n) is 8.37. The highest BCUT2D eigenvalue weighted by Gasteiger charge is 2.30. The van der Waals surface area contributed by atoms with Gasteiger partial charge in [0.05, 0.1) is 12.7 Å². The zero-order chi connectivity index (χ0) is 17.2. The molecule has 1 aromatic heterocycles. The third-order valence-electron chi connectivity index (χ3n) is 4.40. The monoisotopic (exact) mass is 340 g/mol. The van der Waals surface area contributed by atoms with Gasteiger partial charge < -0.3 is 4.42 Å². The van der Waals surface area contributed by atoms with Gasteiger partial charge in [0.25, 0.3) is 0 Å². The van der Waals surface area contributed by atoms with Crippen molar-refractivity contribution in [2.45, 2.75) is 32.0 Å². The minimum Gasteiger partial charge on any atom is -0.439 e. The fraction of sp³-hybridized carbons (Fsp3) is 0.250. The summed E-state index contributed by atoms with van der Waals surface area (Å²) in [4.78, 5) is 6.49. The van der Waals surface area contributed by atoms with Crippen molar-refractivity contribution < 1.29 is 13.2 Å². The molecule has 128 valence electrons. The summed E-state index contributed by atoms with van der Waals surface area (Å²) in [5.74, 6) is 0.259. The van der Waals surface area contributed by atoms with E-state index in [9.17, 15) is 8.78 Å². The standard InChI is InChI=1S/C20H18F2N2O/c21-16-7-6-15(18(22)10-16)12-24(17-8-9-17)13-20-23-11-19(25-20)14-4-2-1-3-5-14/h1-7,10-11,17H,8-9,12-13H2. The molecule has 1 aliphatic carbocycles. The van der Waals surface area contributed by atoms with Gasteiger partial charge in [-0.05, 0) is 18.9 Å². The largest absolute Gasteiger partial charge is 0.439 e. The van der Waals surface area contributed by atoms with Gasteiger partial charge in [0, 0.05) is 29.8 Å². The second-order valence-electron chi connectivity index (χ2n) is 6.36. The third kappa shape index (κ3) is 3.77. The van der Waals surface area contributed by atoms with Crippen LogP contribution >= 0.6 is 0 Å². The number of rotatable bonds is 6. The molecule has 1 fully saturated rings. The first-order chi connectivity index (χ1) is 12.2. The third-order valence-corrected chi connectivity index (χ3v) is 4.40.